The lowest BCUT2D eigenvalue weighted by atomic mass is 9.96. The lowest BCUT2D eigenvalue weighted by Gasteiger charge is -2.26. The summed E-state index contributed by atoms with van der Waals surface area (Å²) < 4.78 is 30.0. The highest BCUT2D eigenvalue weighted by atomic mass is 19.1. The van der Waals surface area contributed by atoms with Crippen molar-refractivity contribution in [2.45, 2.75) is 6.42 Å². The van der Waals surface area contributed by atoms with E-state index in [4.69, 9.17) is 14.2 Å². The van der Waals surface area contributed by atoms with Gasteiger partial charge in [-0.05, 0) is 30.2 Å². The van der Waals surface area contributed by atoms with E-state index in [1.807, 2.05) is 18.2 Å². The fourth-order valence-corrected chi connectivity index (χ4v) is 2.89. The smallest absolute Gasteiger partial charge is 0.258 e. The lowest BCUT2D eigenvalue weighted by molar-refractivity contribution is 0.0931. The Labute approximate surface area is 145 Å². The summed E-state index contributed by atoms with van der Waals surface area (Å²) in [6.45, 7) is 0.872. The van der Waals surface area contributed by atoms with Gasteiger partial charge in [-0.1, -0.05) is 12.1 Å². The van der Waals surface area contributed by atoms with Crippen LogP contribution in [0.25, 0.3) is 0 Å². The number of nitrogens with one attached hydrogen (secondary N) is 1. The minimum atomic E-state index is -0.603. The first-order valence-electron chi connectivity index (χ1n) is 8.02. The Morgan fingerprint density at radius 3 is 2.88 bits per heavy atom. The number of ether oxygens (including phenoxy) is 3. The van der Waals surface area contributed by atoms with Crippen molar-refractivity contribution >= 4 is 5.91 Å². The van der Waals surface area contributed by atoms with Gasteiger partial charge in [0, 0.05) is 18.5 Å². The van der Waals surface area contributed by atoms with Gasteiger partial charge in [0.25, 0.3) is 5.91 Å². The van der Waals surface area contributed by atoms with Crippen LogP contribution in [0.15, 0.2) is 36.4 Å². The SMILES string of the molecule is COc1ccc2c(c1)OCC(CNC(=O)c1c(F)cccc1OC)C2. The Hall–Kier alpha value is -2.76. The van der Waals surface area contributed by atoms with Gasteiger partial charge in [0.15, 0.2) is 0 Å². The third-order valence-electron chi connectivity index (χ3n) is 4.23. The van der Waals surface area contributed by atoms with Crippen LogP contribution < -0.4 is 19.5 Å². The molecule has 1 atom stereocenters. The van der Waals surface area contributed by atoms with Gasteiger partial charge in [-0.3, -0.25) is 4.79 Å². The molecule has 1 N–H and O–H groups in total. The predicted molar refractivity (Wildman–Crippen MR) is 91.0 cm³/mol. The third-order valence-corrected chi connectivity index (χ3v) is 4.23. The van der Waals surface area contributed by atoms with E-state index in [0.29, 0.717) is 13.2 Å². The van der Waals surface area contributed by atoms with Crippen LogP contribution in [-0.2, 0) is 6.42 Å². The van der Waals surface area contributed by atoms with Gasteiger partial charge in [-0.2, -0.15) is 0 Å². The Morgan fingerprint density at radius 1 is 1.28 bits per heavy atom. The number of rotatable bonds is 5. The van der Waals surface area contributed by atoms with Crippen LogP contribution in [0.4, 0.5) is 4.39 Å². The maximum Gasteiger partial charge on any atom is 0.258 e. The van der Waals surface area contributed by atoms with Gasteiger partial charge in [-0.15, -0.1) is 0 Å². The standard InChI is InChI=1S/C19H20FNO4/c1-23-14-7-6-13-8-12(11-25-17(13)9-14)10-21-19(22)18-15(20)4-3-5-16(18)24-2/h3-7,9,12H,8,10-11H2,1-2H3,(H,21,22). The molecule has 2 aromatic rings. The molecule has 1 aliphatic heterocycles. The van der Waals surface area contributed by atoms with Crippen molar-refractivity contribution < 1.29 is 23.4 Å². The molecule has 2 aromatic carbocycles. The van der Waals surface area contributed by atoms with Crippen molar-refractivity contribution in [3.05, 3.63) is 53.3 Å². The van der Waals surface area contributed by atoms with Crippen LogP contribution in [0.1, 0.15) is 15.9 Å². The average Bonchev–Trinajstić information content (AvgIpc) is 2.65. The van der Waals surface area contributed by atoms with E-state index in [2.05, 4.69) is 5.32 Å². The van der Waals surface area contributed by atoms with Crippen LogP contribution in [0.5, 0.6) is 17.2 Å². The molecule has 6 heteroatoms. The minimum Gasteiger partial charge on any atom is -0.497 e. The van der Waals surface area contributed by atoms with E-state index in [-0.39, 0.29) is 17.2 Å². The molecule has 0 fully saturated rings. The van der Waals surface area contributed by atoms with E-state index in [0.717, 1.165) is 23.5 Å². The van der Waals surface area contributed by atoms with Crippen molar-refractivity contribution in [3.63, 3.8) is 0 Å². The Morgan fingerprint density at radius 2 is 2.12 bits per heavy atom. The number of hydrogen-bond acceptors (Lipinski definition) is 4. The second-order valence-corrected chi connectivity index (χ2v) is 5.88. The highest BCUT2D eigenvalue weighted by molar-refractivity contribution is 5.97. The molecule has 0 saturated heterocycles. The third kappa shape index (κ3) is 3.68. The van der Waals surface area contributed by atoms with E-state index in [1.165, 1.54) is 19.2 Å². The Bertz CT molecular complexity index is 778. The fraction of sp³-hybridized carbons (Fsp3) is 0.316. The molecule has 0 aliphatic carbocycles. The summed E-state index contributed by atoms with van der Waals surface area (Å²) in [5, 5.41) is 2.77. The van der Waals surface area contributed by atoms with E-state index in [9.17, 15) is 9.18 Å². The van der Waals surface area contributed by atoms with Crippen molar-refractivity contribution in [1.29, 1.82) is 0 Å². The normalized spacial score (nSPS) is 15.7. The van der Waals surface area contributed by atoms with Crippen LogP contribution in [0.3, 0.4) is 0 Å². The summed E-state index contributed by atoms with van der Waals surface area (Å²) in [6, 6.07) is 10.0. The molecule has 0 radical (unpaired) electrons. The fourth-order valence-electron chi connectivity index (χ4n) is 2.89. The first-order chi connectivity index (χ1) is 12.1. The molecule has 5 nitrogen and oxygen atoms in total. The summed E-state index contributed by atoms with van der Waals surface area (Å²) >= 11 is 0. The molecule has 0 aromatic heterocycles. The molecule has 1 amide bonds. The first kappa shape index (κ1) is 17.1. The number of carbonyl (C=O) groups is 1. The van der Waals surface area contributed by atoms with Gasteiger partial charge < -0.3 is 19.5 Å². The molecule has 132 valence electrons. The van der Waals surface area contributed by atoms with Gasteiger partial charge in [0.2, 0.25) is 0 Å². The second kappa shape index (κ2) is 7.42. The minimum absolute atomic E-state index is 0.0770. The zero-order valence-electron chi connectivity index (χ0n) is 14.2. The summed E-state index contributed by atoms with van der Waals surface area (Å²) in [5.41, 5.74) is 0.988. The first-order valence-corrected chi connectivity index (χ1v) is 8.02. The summed E-state index contributed by atoms with van der Waals surface area (Å²) in [6.07, 6.45) is 0.772. The van der Waals surface area contributed by atoms with Gasteiger partial charge in [-0.25, -0.2) is 4.39 Å². The summed E-state index contributed by atoms with van der Waals surface area (Å²) in [4.78, 5) is 12.3. The predicted octanol–water partition coefficient (Wildman–Crippen LogP) is 2.82. The topological polar surface area (TPSA) is 56.8 Å². The Balaban J connectivity index is 1.64. The number of methoxy groups -OCH3 is 2. The largest absolute Gasteiger partial charge is 0.497 e. The molecular weight excluding hydrogens is 325 g/mol. The van der Waals surface area contributed by atoms with E-state index in [1.54, 1.807) is 13.2 Å². The van der Waals surface area contributed by atoms with Crippen LogP contribution in [-0.4, -0.2) is 33.3 Å². The highest BCUT2D eigenvalue weighted by Gasteiger charge is 2.23. The monoisotopic (exact) mass is 345 g/mol. The lowest BCUT2D eigenvalue weighted by Crippen LogP contribution is -2.35. The number of benzene rings is 2. The zero-order chi connectivity index (χ0) is 17.8. The van der Waals surface area contributed by atoms with Crippen LogP contribution >= 0.6 is 0 Å². The summed E-state index contributed by atoms with van der Waals surface area (Å²) in [5.74, 6) is 0.789. The highest BCUT2D eigenvalue weighted by Crippen LogP contribution is 2.31. The maximum atomic E-state index is 13.9. The average molecular weight is 345 g/mol. The van der Waals surface area contributed by atoms with Crippen molar-refractivity contribution in [1.82, 2.24) is 5.32 Å². The van der Waals surface area contributed by atoms with Gasteiger partial charge >= 0.3 is 0 Å². The van der Waals surface area contributed by atoms with Gasteiger partial charge in [0.1, 0.15) is 28.6 Å². The van der Waals surface area contributed by atoms with Crippen LogP contribution in [0, 0.1) is 11.7 Å². The zero-order valence-corrected chi connectivity index (χ0v) is 14.2. The van der Waals surface area contributed by atoms with Crippen molar-refractivity contribution in [3.8, 4) is 17.2 Å². The molecule has 1 heterocycles. The molecule has 0 bridgehead atoms. The van der Waals surface area contributed by atoms with Gasteiger partial charge in [0.05, 0.1) is 20.8 Å². The Kier molecular flexibility index (Phi) is 5.07. The molecule has 1 aliphatic rings. The van der Waals surface area contributed by atoms with Crippen molar-refractivity contribution in [2.75, 3.05) is 27.4 Å². The van der Waals surface area contributed by atoms with Crippen LogP contribution in [0.2, 0.25) is 0 Å². The molecule has 0 saturated carbocycles. The number of carbonyl (C=O) groups excluding carboxylic acids is 1. The van der Waals surface area contributed by atoms with E-state index < -0.39 is 11.7 Å². The second-order valence-electron chi connectivity index (χ2n) is 5.88. The van der Waals surface area contributed by atoms with E-state index >= 15 is 0 Å². The number of hydrogen-bond donors (Lipinski definition) is 1. The number of halogens is 1. The number of amides is 1. The molecule has 1 unspecified atom stereocenters. The maximum absolute atomic E-state index is 13.9. The summed E-state index contributed by atoms with van der Waals surface area (Å²) in [7, 11) is 3.02. The molecule has 3 rings (SSSR count). The molecular formula is C19H20FNO4. The van der Waals surface area contributed by atoms with Crippen molar-refractivity contribution in [2.24, 2.45) is 5.92 Å². The molecule has 0 spiro atoms. The molecule has 25 heavy (non-hydrogen) atoms. The quantitative estimate of drug-likeness (QED) is 0.905. The number of fused-ring (bicyclic) bond motifs is 1.